The van der Waals surface area contributed by atoms with E-state index in [0.717, 1.165) is 18.8 Å². The minimum Gasteiger partial charge on any atom is -0.251 e. The number of unbranched alkanes of at least 4 members (excludes halogenated alkanes) is 2. The highest BCUT2D eigenvalue weighted by Gasteiger charge is 2.45. The van der Waals surface area contributed by atoms with Crippen LogP contribution < -0.4 is 0 Å². The Morgan fingerprint density at radius 1 is 0.679 bits per heavy atom. The topological polar surface area (TPSA) is 0 Å². The quantitative estimate of drug-likeness (QED) is 0.300. The number of alkyl halides is 4. The van der Waals surface area contributed by atoms with E-state index >= 15 is 4.39 Å². The highest BCUT2D eigenvalue weighted by atomic mass is 19.2. The maximum absolute atomic E-state index is 15.0. The standard InChI is InChI=1S/C24H40F4/c1-2-3-4-5-16-6-8-17(9-7-16)18-10-11-20(22(26)12-18)19-13-23(27)21(15-25)24(28)14-19/h16-24H,2-15H2,1H3. The summed E-state index contributed by atoms with van der Waals surface area (Å²) in [6.07, 6.45) is 9.17. The van der Waals surface area contributed by atoms with Crippen LogP contribution in [0.4, 0.5) is 17.6 Å². The fourth-order valence-electron chi connectivity index (χ4n) is 6.55. The van der Waals surface area contributed by atoms with Crippen molar-refractivity contribution in [2.75, 3.05) is 6.67 Å². The Morgan fingerprint density at radius 3 is 1.86 bits per heavy atom. The second kappa shape index (κ2) is 10.7. The van der Waals surface area contributed by atoms with Crippen molar-refractivity contribution in [3.63, 3.8) is 0 Å². The summed E-state index contributed by atoms with van der Waals surface area (Å²) in [4.78, 5) is 0. The van der Waals surface area contributed by atoms with Gasteiger partial charge in [0.25, 0.3) is 0 Å². The van der Waals surface area contributed by atoms with Gasteiger partial charge in [-0.25, -0.2) is 13.2 Å². The van der Waals surface area contributed by atoms with Gasteiger partial charge in [-0.15, -0.1) is 0 Å². The lowest BCUT2D eigenvalue weighted by molar-refractivity contribution is -0.0232. The van der Waals surface area contributed by atoms with Gasteiger partial charge in [0.2, 0.25) is 0 Å². The maximum atomic E-state index is 15.0. The molecule has 0 saturated heterocycles. The van der Waals surface area contributed by atoms with Gasteiger partial charge >= 0.3 is 0 Å². The molecule has 5 unspecified atom stereocenters. The molecule has 0 radical (unpaired) electrons. The van der Waals surface area contributed by atoms with Crippen LogP contribution in [0.25, 0.3) is 0 Å². The van der Waals surface area contributed by atoms with Gasteiger partial charge in [-0.1, -0.05) is 45.4 Å². The van der Waals surface area contributed by atoms with Crippen molar-refractivity contribution in [1.82, 2.24) is 0 Å². The molecule has 0 bridgehead atoms. The van der Waals surface area contributed by atoms with E-state index in [0.29, 0.717) is 18.3 Å². The van der Waals surface area contributed by atoms with E-state index in [1.54, 1.807) is 0 Å². The first-order chi connectivity index (χ1) is 13.5. The summed E-state index contributed by atoms with van der Waals surface area (Å²) in [5.41, 5.74) is 0. The van der Waals surface area contributed by atoms with Gasteiger partial charge < -0.3 is 0 Å². The summed E-state index contributed by atoms with van der Waals surface area (Å²) in [6.45, 7) is 1.30. The van der Waals surface area contributed by atoms with Crippen molar-refractivity contribution in [1.29, 1.82) is 0 Å². The Bertz CT molecular complexity index is 436. The minimum absolute atomic E-state index is 0.146. The van der Waals surface area contributed by atoms with Crippen LogP contribution in [0.3, 0.4) is 0 Å². The van der Waals surface area contributed by atoms with E-state index in [-0.39, 0.29) is 24.7 Å². The summed E-state index contributed by atoms with van der Waals surface area (Å²) in [5, 5.41) is 0. The van der Waals surface area contributed by atoms with E-state index in [2.05, 4.69) is 6.92 Å². The van der Waals surface area contributed by atoms with Crippen LogP contribution in [0.1, 0.15) is 90.4 Å². The molecule has 0 aromatic carbocycles. The lowest BCUT2D eigenvalue weighted by atomic mass is 9.63. The fourth-order valence-corrected chi connectivity index (χ4v) is 6.55. The Morgan fingerprint density at radius 2 is 1.29 bits per heavy atom. The highest BCUT2D eigenvalue weighted by Crippen LogP contribution is 2.48. The third-order valence-corrected chi connectivity index (χ3v) is 8.41. The van der Waals surface area contributed by atoms with Gasteiger partial charge in [-0.2, -0.15) is 0 Å². The molecule has 0 N–H and O–H groups in total. The van der Waals surface area contributed by atoms with Crippen LogP contribution in [0, 0.1) is 35.5 Å². The van der Waals surface area contributed by atoms with Gasteiger partial charge in [-0.3, -0.25) is 4.39 Å². The van der Waals surface area contributed by atoms with Crippen LogP contribution in [-0.4, -0.2) is 25.2 Å². The summed E-state index contributed by atoms with van der Waals surface area (Å²) in [6, 6.07) is 0. The van der Waals surface area contributed by atoms with E-state index in [4.69, 9.17) is 0 Å². The third kappa shape index (κ3) is 5.45. The van der Waals surface area contributed by atoms with Crippen LogP contribution in [0.15, 0.2) is 0 Å². The van der Waals surface area contributed by atoms with E-state index in [1.165, 1.54) is 51.4 Å². The van der Waals surface area contributed by atoms with E-state index in [1.807, 2.05) is 0 Å². The van der Waals surface area contributed by atoms with Crippen molar-refractivity contribution < 1.29 is 17.6 Å². The van der Waals surface area contributed by atoms with Crippen LogP contribution >= 0.6 is 0 Å². The molecule has 3 rings (SSSR count). The molecule has 0 spiro atoms. The molecule has 0 aromatic rings. The molecule has 5 atom stereocenters. The van der Waals surface area contributed by atoms with E-state index < -0.39 is 31.1 Å². The molecular formula is C24H40F4. The maximum Gasteiger partial charge on any atom is 0.108 e. The molecule has 164 valence electrons. The predicted octanol–water partition coefficient (Wildman–Crippen LogP) is 7.80. The van der Waals surface area contributed by atoms with Crippen LogP contribution in [0.5, 0.6) is 0 Å². The Kier molecular flexibility index (Phi) is 8.53. The highest BCUT2D eigenvalue weighted by molar-refractivity contribution is 4.94. The van der Waals surface area contributed by atoms with Gasteiger partial charge in [0.05, 0.1) is 6.67 Å². The molecular weight excluding hydrogens is 364 g/mol. The van der Waals surface area contributed by atoms with Crippen molar-refractivity contribution in [3.8, 4) is 0 Å². The summed E-state index contributed by atoms with van der Waals surface area (Å²) in [5.74, 6) is 0.364. The average Bonchev–Trinajstić information content (AvgIpc) is 2.68. The van der Waals surface area contributed by atoms with Crippen molar-refractivity contribution in [3.05, 3.63) is 0 Å². The third-order valence-electron chi connectivity index (χ3n) is 8.41. The average molecular weight is 405 g/mol. The Labute approximate surface area is 169 Å². The molecule has 0 heterocycles. The second-order valence-corrected chi connectivity index (χ2v) is 10.1. The number of hydrogen-bond acceptors (Lipinski definition) is 0. The summed E-state index contributed by atoms with van der Waals surface area (Å²) in [7, 11) is 0. The molecule has 4 heteroatoms. The second-order valence-electron chi connectivity index (χ2n) is 10.1. The smallest absolute Gasteiger partial charge is 0.108 e. The molecule has 0 aliphatic heterocycles. The predicted molar refractivity (Wildman–Crippen MR) is 107 cm³/mol. The lowest BCUT2D eigenvalue weighted by Crippen LogP contribution is -2.43. The largest absolute Gasteiger partial charge is 0.251 e. The van der Waals surface area contributed by atoms with Crippen molar-refractivity contribution in [2.45, 2.75) is 109 Å². The lowest BCUT2D eigenvalue weighted by Gasteiger charge is -2.44. The monoisotopic (exact) mass is 404 g/mol. The van der Waals surface area contributed by atoms with Gasteiger partial charge in [0.1, 0.15) is 18.5 Å². The normalized spacial score (nSPS) is 45.1. The fraction of sp³-hybridized carbons (Fsp3) is 1.00. The molecule has 3 aliphatic rings. The Balaban J connectivity index is 1.44. The molecule has 3 fully saturated rings. The number of halogens is 4. The SMILES string of the molecule is CCCCCC1CCC(C2CCC(C3CC(F)C(CF)C(F)C3)C(F)C2)CC1. The van der Waals surface area contributed by atoms with Crippen molar-refractivity contribution in [2.24, 2.45) is 35.5 Å². The molecule has 0 nitrogen and oxygen atoms in total. The van der Waals surface area contributed by atoms with Crippen molar-refractivity contribution >= 4 is 0 Å². The molecule has 0 aromatic heterocycles. The number of rotatable bonds is 7. The van der Waals surface area contributed by atoms with Crippen LogP contribution in [0.2, 0.25) is 0 Å². The van der Waals surface area contributed by atoms with Gasteiger partial charge in [0.15, 0.2) is 0 Å². The zero-order chi connectivity index (χ0) is 20.1. The molecule has 3 aliphatic carbocycles. The zero-order valence-electron chi connectivity index (χ0n) is 17.6. The summed E-state index contributed by atoms with van der Waals surface area (Å²) < 4.78 is 56.2. The molecule has 0 amide bonds. The number of hydrogen-bond donors (Lipinski definition) is 0. The Hall–Kier alpha value is -0.280. The minimum atomic E-state index is -1.45. The first-order valence-electron chi connectivity index (χ1n) is 12.0. The van der Waals surface area contributed by atoms with Gasteiger partial charge in [-0.05, 0) is 74.5 Å². The first kappa shape index (κ1) is 22.4. The molecule has 3 saturated carbocycles. The first-order valence-corrected chi connectivity index (χ1v) is 12.0. The van der Waals surface area contributed by atoms with E-state index in [9.17, 15) is 13.2 Å². The zero-order valence-corrected chi connectivity index (χ0v) is 17.6. The van der Waals surface area contributed by atoms with Crippen LogP contribution in [-0.2, 0) is 0 Å². The molecule has 28 heavy (non-hydrogen) atoms. The van der Waals surface area contributed by atoms with Gasteiger partial charge in [0, 0.05) is 5.92 Å². The summed E-state index contributed by atoms with van der Waals surface area (Å²) >= 11 is 0.